The normalized spacial score (nSPS) is 25.4. The lowest BCUT2D eigenvalue weighted by atomic mass is 9.81. The molecule has 1 amide bonds. The Balaban J connectivity index is 2.03. The van der Waals surface area contributed by atoms with Gasteiger partial charge in [-0.25, -0.2) is 0 Å². The zero-order valence-electron chi connectivity index (χ0n) is 10.3. The van der Waals surface area contributed by atoms with Gasteiger partial charge in [0.05, 0.1) is 0 Å². The Morgan fingerprint density at radius 2 is 2.25 bits per heavy atom. The Kier molecular flexibility index (Phi) is 6.86. The fourth-order valence-corrected chi connectivity index (χ4v) is 2.69. The number of carbonyl (C=O) groups excluding carboxylic acids is 1. The van der Waals surface area contributed by atoms with E-state index in [0.29, 0.717) is 12.3 Å². The molecule has 1 fully saturated rings. The van der Waals surface area contributed by atoms with Gasteiger partial charge in [-0.3, -0.25) is 4.79 Å². The van der Waals surface area contributed by atoms with Crippen LogP contribution < -0.4 is 5.32 Å². The van der Waals surface area contributed by atoms with E-state index >= 15 is 0 Å². The lowest BCUT2D eigenvalue weighted by molar-refractivity contribution is -0.121. The molecule has 1 aliphatic rings. The van der Waals surface area contributed by atoms with Gasteiger partial charge in [0.25, 0.3) is 0 Å². The molecule has 0 saturated heterocycles. The molecule has 0 aromatic heterocycles. The van der Waals surface area contributed by atoms with Crippen LogP contribution in [0.1, 0.15) is 51.9 Å². The highest BCUT2D eigenvalue weighted by Crippen LogP contribution is 2.30. The number of carbonyl (C=O) groups is 1. The predicted molar refractivity (Wildman–Crippen MR) is 68.7 cm³/mol. The van der Waals surface area contributed by atoms with Gasteiger partial charge in [-0.05, 0) is 31.1 Å². The Labute approximate surface area is 104 Å². The molecule has 1 saturated carbocycles. The minimum atomic E-state index is 0.157. The van der Waals surface area contributed by atoms with Crippen LogP contribution >= 0.6 is 11.6 Å². The molecule has 0 bridgehead atoms. The first kappa shape index (κ1) is 13.8. The highest BCUT2D eigenvalue weighted by molar-refractivity contribution is 6.17. The largest absolute Gasteiger partial charge is 0.356 e. The monoisotopic (exact) mass is 245 g/mol. The molecule has 16 heavy (non-hydrogen) atoms. The van der Waals surface area contributed by atoms with Gasteiger partial charge >= 0.3 is 0 Å². The summed E-state index contributed by atoms with van der Waals surface area (Å²) in [5.41, 5.74) is 0. The lowest BCUT2D eigenvalue weighted by Gasteiger charge is -2.26. The molecule has 2 nitrogen and oxygen atoms in total. The number of nitrogens with one attached hydrogen (secondary N) is 1. The third-order valence-corrected chi connectivity index (χ3v) is 3.72. The zero-order chi connectivity index (χ0) is 11.8. The number of alkyl halides is 1. The van der Waals surface area contributed by atoms with Crippen molar-refractivity contribution in [3.05, 3.63) is 0 Å². The maximum atomic E-state index is 11.3. The molecule has 0 aromatic rings. The van der Waals surface area contributed by atoms with Crippen molar-refractivity contribution in [1.82, 2.24) is 5.32 Å². The average molecular weight is 246 g/mol. The smallest absolute Gasteiger partial charge is 0.220 e. The number of hydrogen-bond acceptors (Lipinski definition) is 1. The Morgan fingerprint density at radius 1 is 1.44 bits per heavy atom. The summed E-state index contributed by atoms with van der Waals surface area (Å²) in [5.74, 6) is 2.44. The summed E-state index contributed by atoms with van der Waals surface area (Å²) in [4.78, 5) is 11.3. The number of halogens is 1. The van der Waals surface area contributed by atoms with Gasteiger partial charge in [0.1, 0.15) is 0 Å². The van der Waals surface area contributed by atoms with Crippen LogP contribution in [0.15, 0.2) is 0 Å². The first-order valence-corrected chi connectivity index (χ1v) is 7.08. The SMILES string of the molecule is CC1CCCC(CCNC(=O)CCCCl)C1. The molecule has 94 valence electrons. The highest BCUT2D eigenvalue weighted by Gasteiger charge is 2.18. The van der Waals surface area contributed by atoms with E-state index in [1.54, 1.807) is 0 Å². The van der Waals surface area contributed by atoms with Crippen LogP contribution in [0, 0.1) is 11.8 Å². The summed E-state index contributed by atoms with van der Waals surface area (Å²) >= 11 is 5.54. The Morgan fingerprint density at radius 3 is 2.94 bits per heavy atom. The van der Waals surface area contributed by atoms with Gasteiger partial charge in [0, 0.05) is 18.8 Å². The van der Waals surface area contributed by atoms with E-state index in [4.69, 9.17) is 11.6 Å². The summed E-state index contributed by atoms with van der Waals surface area (Å²) in [6.07, 6.45) is 7.96. The maximum Gasteiger partial charge on any atom is 0.220 e. The van der Waals surface area contributed by atoms with Crippen molar-refractivity contribution in [2.75, 3.05) is 12.4 Å². The number of rotatable bonds is 6. The van der Waals surface area contributed by atoms with Crippen LogP contribution in [0.5, 0.6) is 0 Å². The zero-order valence-corrected chi connectivity index (χ0v) is 11.1. The van der Waals surface area contributed by atoms with Gasteiger partial charge in [-0.15, -0.1) is 11.6 Å². The predicted octanol–water partition coefficient (Wildman–Crippen LogP) is 3.34. The molecule has 0 aliphatic heterocycles. The van der Waals surface area contributed by atoms with Crippen LogP contribution in [0.25, 0.3) is 0 Å². The molecule has 0 spiro atoms. The van der Waals surface area contributed by atoms with Crippen molar-refractivity contribution >= 4 is 17.5 Å². The van der Waals surface area contributed by atoms with Crippen molar-refractivity contribution in [1.29, 1.82) is 0 Å². The number of hydrogen-bond donors (Lipinski definition) is 1. The van der Waals surface area contributed by atoms with E-state index in [1.807, 2.05) is 0 Å². The molecule has 2 atom stereocenters. The van der Waals surface area contributed by atoms with E-state index in [0.717, 1.165) is 31.2 Å². The van der Waals surface area contributed by atoms with Crippen molar-refractivity contribution in [3.8, 4) is 0 Å². The summed E-state index contributed by atoms with van der Waals surface area (Å²) in [6.45, 7) is 3.18. The lowest BCUT2D eigenvalue weighted by Crippen LogP contribution is -2.26. The number of amides is 1. The summed E-state index contributed by atoms with van der Waals surface area (Å²) in [6, 6.07) is 0. The molecule has 0 radical (unpaired) electrons. The molecule has 0 aromatic carbocycles. The molecule has 0 heterocycles. The Bertz CT molecular complexity index is 208. The van der Waals surface area contributed by atoms with Crippen LogP contribution in [-0.4, -0.2) is 18.3 Å². The molecular weight excluding hydrogens is 222 g/mol. The molecule has 3 heteroatoms. The van der Waals surface area contributed by atoms with Gasteiger partial charge in [0.15, 0.2) is 0 Å². The second-order valence-corrected chi connectivity index (χ2v) is 5.45. The quantitative estimate of drug-likeness (QED) is 0.715. The van der Waals surface area contributed by atoms with E-state index in [-0.39, 0.29) is 5.91 Å². The Hall–Kier alpha value is -0.240. The van der Waals surface area contributed by atoms with E-state index in [9.17, 15) is 4.79 Å². The van der Waals surface area contributed by atoms with Crippen molar-refractivity contribution in [2.45, 2.75) is 51.9 Å². The van der Waals surface area contributed by atoms with Crippen molar-refractivity contribution in [3.63, 3.8) is 0 Å². The molecule has 1 rings (SSSR count). The summed E-state index contributed by atoms with van der Waals surface area (Å²) in [7, 11) is 0. The third-order valence-electron chi connectivity index (χ3n) is 3.46. The second-order valence-electron chi connectivity index (χ2n) is 5.07. The van der Waals surface area contributed by atoms with Crippen LogP contribution in [0.4, 0.5) is 0 Å². The van der Waals surface area contributed by atoms with Gasteiger partial charge in [-0.2, -0.15) is 0 Å². The van der Waals surface area contributed by atoms with E-state index < -0.39 is 0 Å². The minimum absolute atomic E-state index is 0.157. The highest BCUT2D eigenvalue weighted by atomic mass is 35.5. The fourth-order valence-electron chi connectivity index (χ4n) is 2.55. The van der Waals surface area contributed by atoms with E-state index in [2.05, 4.69) is 12.2 Å². The third kappa shape index (κ3) is 5.74. The summed E-state index contributed by atoms with van der Waals surface area (Å²) in [5, 5.41) is 2.98. The average Bonchev–Trinajstić information content (AvgIpc) is 2.26. The fraction of sp³-hybridized carbons (Fsp3) is 0.923. The van der Waals surface area contributed by atoms with Crippen molar-refractivity contribution in [2.24, 2.45) is 11.8 Å². The van der Waals surface area contributed by atoms with Gasteiger partial charge < -0.3 is 5.32 Å². The topological polar surface area (TPSA) is 29.1 Å². The second kappa shape index (κ2) is 7.94. The maximum absolute atomic E-state index is 11.3. The van der Waals surface area contributed by atoms with Gasteiger partial charge in [0.2, 0.25) is 5.91 Å². The minimum Gasteiger partial charge on any atom is -0.356 e. The first-order valence-electron chi connectivity index (χ1n) is 6.55. The van der Waals surface area contributed by atoms with E-state index in [1.165, 1.54) is 25.7 Å². The van der Waals surface area contributed by atoms with Gasteiger partial charge in [-0.1, -0.05) is 26.2 Å². The van der Waals surface area contributed by atoms with Crippen LogP contribution in [-0.2, 0) is 4.79 Å². The standard InChI is InChI=1S/C13H24ClNO/c1-11-4-2-5-12(10-11)7-9-15-13(16)6-3-8-14/h11-12H,2-10H2,1H3,(H,15,16). The molecule has 1 aliphatic carbocycles. The molecule has 2 unspecified atom stereocenters. The molecular formula is C13H24ClNO. The van der Waals surface area contributed by atoms with Crippen LogP contribution in [0.3, 0.4) is 0 Å². The van der Waals surface area contributed by atoms with Crippen LogP contribution in [0.2, 0.25) is 0 Å². The molecule has 1 N–H and O–H groups in total. The summed E-state index contributed by atoms with van der Waals surface area (Å²) < 4.78 is 0. The first-order chi connectivity index (χ1) is 7.72. The van der Waals surface area contributed by atoms with Crippen molar-refractivity contribution < 1.29 is 4.79 Å².